The number of hydrogen-bond donors (Lipinski definition) is 1. The van der Waals surface area contributed by atoms with Crippen molar-refractivity contribution in [3.63, 3.8) is 0 Å². The maximum absolute atomic E-state index is 13.0. The van der Waals surface area contributed by atoms with Crippen LogP contribution in [0.3, 0.4) is 0 Å². The molecule has 29 heavy (non-hydrogen) atoms. The lowest BCUT2D eigenvalue weighted by Crippen LogP contribution is -2.42. The minimum Gasteiger partial charge on any atom is -0.504 e. The van der Waals surface area contributed by atoms with Gasteiger partial charge < -0.3 is 9.84 Å². The van der Waals surface area contributed by atoms with E-state index in [2.05, 4.69) is 0 Å². The SMILES string of the molecule is CCC(Cc1ccc(Cl)s1)C1OC(=O)C(C(c2ccccc2)C2CC2)=C(O)C1=O. The Labute approximate surface area is 179 Å². The van der Waals surface area contributed by atoms with Gasteiger partial charge in [0.25, 0.3) is 0 Å². The van der Waals surface area contributed by atoms with Crippen molar-refractivity contribution in [1.29, 1.82) is 0 Å². The molecule has 1 aromatic carbocycles. The maximum Gasteiger partial charge on any atom is 0.339 e. The Morgan fingerprint density at radius 2 is 1.90 bits per heavy atom. The number of ketones is 1. The zero-order valence-electron chi connectivity index (χ0n) is 16.1. The number of carbonyl (C=O) groups excluding carboxylic acids is 2. The molecule has 1 aromatic heterocycles. The quantitative estimate of drug-likeness (QED) is 0.591. The van der Waals surface area contributed by atoms with E-state index in [-0.39, 0.29) is 23.3 Å². The number of halogens is 1. The smallest absolute Gasteiger partial charge is 0.339 e. The van der Waals surface area contributed by atoms with Gasteiger partial charge in [-0.25, -0.2) is 4.79 Å². The topological polar surface area (TPSA) is 63.6 Å². The van der Waals surface area contributed by atoms with Crippen LogP contribution >= 0.6 is 22.9 Å². The summed E-state index contributed by atoms with van der Waals surface area (Å²) in [5, 5.41) is 10.8. The van der Waals surface area contributed by atoms with Crippen LogP contribution in [-0.2, 0) is 20.7 Å². The number of Topliss-reactive ketones (excluding diaryl/α,β-unsaturated/α-hetero) is 1. The van der Waals surface area contributed by atoms with Gasteiger partial charge in [0.05, 0.1) is 9.91 Å². The molecule has 0 radical (unpaired) electrons. The molecule has 1 aliphatic carbocycles. The van der Waals surface area contributed by atoms with Crippen molar-refractivity contribution in [1.82, 2.24) is 0 Å². The van der Waals surface area contributed by atoms with Gasteiger partial charge in [0.2, 0.25) is 5.78 Å². The summed E-state index contributed by atoms with van der Waals surface area (Å²) in [6.45, 7) is 1.95. The van der Waals surface area contributed by atoms with Crippen molar-refractivity contribution in [2.45, 2.75) is 44.6 Å². The van der Waals surface area contributed by atoms with E-state index < -0.39 is 23.6 Å². The van der Waals surface area contributed by atoms with Crippen molar-refractivity contribution in [2.24, 2.45) is 11.8 Å². The van der Waals surface area contributed by atoms with Crippen molar-refractivity contribution >= 4 is 34.7 Å². The normalized spacial score (nSPS) is 21.8. The molecule has 2 aromatic rings. The fraction of sp³-hybridized carbons (Fsp3) is 0.391. The summed E-state index contributed by atoms with van der Waals surface area (Å²) in [5.74, 6) is -1.74. The van der Waals surface area contributed by atoms with Gasteiger partial charge in [0.1, 0.15) is 0 Å². The molecule has 4 rings (SSSR count). The predicted octanol–water partition coefficient (Wildman–Crippen LogP) is 5.47. The lowest BCUT2D eigenvalue weighted by Gasteiger charge is -2.31. The first-order valence-corrected chi connectivity index (χ1v) is 11.2. The van der Waals surface area contributed by atoms with E-state index in [0.717, 1.165) is 23.3 Å². The van der Waals surface area contributed by atoms with Crippen LogP contribution < -0.4 is 0 Å². The highest BCUT2D eigenvalue weighted by atomic mass is 35.5. The summed E-state index contributed by atoms with van der Waals surface area (Å²) < 4.78 is 6.34. The highest BCUT2D eigenvalue weighted by molar-refractivity contribution is 7.16. The van der Waals surface area contributed by atoms with Gasteiger partial charge in [-0.05, 0) is 49.3 Å². The third kappa shape index (κ3) is 4.12. The molecule has 152 valence electrons. The first-order chi connectivity index (χ1) is 14.0. The second-order valence-corrected chi connectivity index (χ2v) is 9.56. The van der Waals surface area contributed by atoms with E-state index in [1.54, 1.807) is 0 Å². The fourth-order valence-corrected chi connectivity index (χ4v) is 5.31. The Hall–Kier alpha value is -2.11. The molecular formula is C23H23ClO4S. The number of thiophene rings is 1. The zero-order chi connectivity index (χ0) is 20.5. The minimum atomic E-state index is -0.965. The number of benzene rings is 1. The van der Waals surface area contributed by atoms with E-state index in [1.165, 1.54) is 11.3 Å². The highest BCUT2D eigenvalue weighted by Gasteiger charge is 2.47. The first-order valence-electron chi connectivity index (χ1n) is 9.97. The molecule has 0 spiro atoms. The number of cyclic esters (lactones) is 1. The van der Waals surface area contributed by atoms with Gasteiger partial charge in [0, 0.05) is 16.7 Å². The molecule has 4 nitrogen and oxygen atoms in total. The van der Waals surface area contributed by atoms with Gasteiger partial charge >= 0.3 is 5.97 Å². The van der Waals surface area contributed by atoms with Gasteiger partial charge in [-0.3, -0.25) is 4.79 Å². The average Bonchev–Trinajstić information content (AvgIpc) is 3.48. The summed E-state index contributed by atoms with van der Waals surface area (Å²) in [7, 11) is 0. The van der Waals surface area contributed by atoms with E-state index in [0.29, 0.717) is 17.2 Å². The molecule has 3 atom stereocenters. The molecule has 3 unspecified atom stereocenters. The molecule has 0 amide bonds. The zero-order valence-corrected chi connectivity index (χ0v) is 17.7. The van der Waals surface area contributed by atoms with Gasteiger partial charge in [-0.15, -0.1) is 11.3 Å². The summed E-state index contributed by atoms with van der Waals surface area (Å²) in [5.41, 5.74) is 1.05. The lowest BCUT2D eigenvalue weighted by atomic mass is 9.82. The van der Waals surface area contributed by atoms with E-state index in [1.807, 2.05) is 49.4 Å². The van der Waals surface area contributed by atoms with Gasteiger partial charge in [-0.1, -0.05) is 48.9 Å². The first kappa shape index (κ1) is 20.2. The van der Waals surface area contributed by atoms with Crippen LogP contribution in [0.1, 0.15) is 42.5 Å². The molecular weight excluding hydrogens is 408 g/mol. The Morgan fingerprint density at radius 3 is 2.48 bits per heavy atom. The van der Waals surface area contributed by atoms with Crippen LogP contribution in [-0.4, -0.2) is 23.0 Å². The molecule has 1 fully saturated rings. The van der Waals surface area contributed by atoms with Gasteiger partial charge in [-0.2, -0.15) is 0 Å². The van der Waals surface area contributed by atoms with Crippen LogP contribution in [0.15, 0.2) is 53.8 Å². The lowest BCUT2D eigenvalue weighted by molar-refractivity contribution is -0.158. The van der Waals surface area contributed by atoms with Crippen molar-refractivity contribution in [3.05, 3.63) is 68.6 Å². The molecule has 1 saturated carbocycles. The van der Waals surface area contributed by atoms with E-state index in [9.17, 15) is 14.7 Å². The number of hydrogen-bond acceptors (Lipinski definition) is 5. The Balaban J connectivity index is 1.63. The maximum atomic E-state index is 13.0. The number of aliphatic hydroxyl groups is 1. The number of aliphatic hydroxyl groups excluding tert-OH is 1. The molecule has 2 aliphatic rings. The molecule has 2 heterocycles. The molecule has 6 heteroatoms. The minimum absolute atomic E-state index is 0.119. The largest absolute Gasteiger partial charge is 0.504 e. The summed E-state index contributed by atoms with van der Waals surface area (Å²) in [6, 6.07) is 13.3. The molecule has 1 N–H and O–H groups in total. The van der Waals surface area contributed by atoms with Crippen LogP contribution in [0.2, 0.25) is 4.34 Å². The Morgan fingerprint density at radius 1 is 1.17 bits per heavy atom. The summed E-state index contributed by atoms with van der Waals surface area (Å²) in [4.78, 5) is 27.0. The summed E-state index contributed by atoms with van der Waals surface area (Å²) in [6.07, 6.45) is 2.20. The number of carbonyl (C=O) groups is 2. The number of ether oxygens (including phenoxy) is 1. The molecule has 1 aliphatic heterocycles. The fourth-order valence-electron chi connectivity index (χ4n) is 4.13. The summed E-state index contributed by atoms with van der Waals surface area (Å²) >= 11 is 7.47. The molecule has 0 bridgehead atoms. The van der Waals surface area contributed by atoms with Crippen LogP contribution in [0.25, 0.3) is 0 Å². The second-order valence-electron chi connectivity index (χ2n) is 7.76. The number of rotatable bonds is 7. The Bertz CT molecular complexity index is 945. The van der Waals surface area contributed by atoms with Crippen molar-refractivity contribution < 1.29 is 19.4 Å². The van der Waals surface area contributed by atoms with Crippen LogP contribution in [0.4, 0.5) is 0 Å². The third-order valence-electron chi connectivity index (χ3n) is 5.81. The second kappa shape index (κ2) is 8.33. The Kier molecular flexibility index (Phi) is 5.79. The standard InChI is InChI=1S/C23H23ClO4S/c1-2-13(12-16-10-11-17(24)29-16)22-21(26)20(25)19(23(27)28-22)18(15-8-9-15)14-6-4-3-5-7-14/h3-7,10-11,13,15,18,22,25H,2,8-9,12H2,1H3. The average molecular weight is 431 g/mol. The highest BCUT2D eigenvalue weighted by Crippen LogP contribution is 2.48. The third-order valence-corrected chi connectivity index (χ3v) is 7.06. The monoisotopic (exact) mass is 430 g/mol. The number of esters is 1. The van der Waals surface area contributed by atoms with Crippen LogP contribution in [0, 0.1) is 11.8 Å². The van der Waals surface area contributed by atoms with Crippen LogP contribution in [0.5, 0.6) is 0 Å². The molecule has 0 saturated heterocycles. The van der Waals surface area contributed by atoms with Gasteiger partial charge in [0.15, 0.2) is 11.9 Å². The van der Waals surface area contributed by atoms with E-state index >= 15 is 0 Å². The van der Waals surface area contributed by atoms with Crippen molar-refractivity contribution in [3.8, 4) is 0 Å². The predicted molar refractivity (Wildman–Crippen MR) is 113 cm³/mol. The van der Waals surface area contributed by atoms with Crippen molar-refractivity contribution in [2.75, 3.05) is 0 Å². The van der Waals surface area contributed by atoms with E-state index in [4.69, 9.17) is 16.3 Å².